The van der Waals surface area contributed by atoms with Gasteiger partial charge >= 0.3 is 0 Å². The van der Waals surface area contributed by atoms with Crippen molar-refractivity contribution < 1.29 is 10.2 Å². The molecule has 0 saturated carbocycles. The van der Waals surface area contributed by atoms with Crippen LogP contribution in [0.5, 0.6) is 11.5 Å². The van der Waals surface area contributed by atoms with E-state index in [1.165, 1.54) is 11.1 Å². The van der Waals surface area contributed by atoms with Crippen LogP contribution in [0.25, 0.3) is 0 Å². The summed E-state index contributed by atoms with van der Waals surface area (Å²) >= 11 is 0. The Hall–Kier alpha value is -2.12. The van der Waals surface area contributed by atoms with Gasteiger partial charge in [-0.1, -0.05) is 92.5 Å². The molecule has 6 N–H and O–H groups in total. The standard InChI is InChI=1S/C32H52N4O2/c1-9-11-27-33-17-21-13-25(31(3,4)5)15-23(29(21)37)19-35-28(12-10-2)36-20-24-16-26(32(6,7)8)14-22(18-34-27)30(24)38/h13-16,27-28,33-38H,9-12,17-20H2,1-8H3. The second kappa shape index (κ2) is 12.8. The normalized spacial score (nSPS) is 19.9. The third-order valence-corrected chi connectivity index (χ3v) is 7.58. The molecular weight excluding hydrogens is 472 g/mol. The molecule has 2 aromatic carbocycles. The average Bonchev–Trinajstić information content (AvgIpc) is 2.83. The van der Waals surface area contributed by atoms with Crippen molar-refractivity contribution in [1.82, 2.24) is 21.3 Å². The smallest absolute Gasteiger partial charge is 0.124 e. The molecule has 4 bridgehead atoms. The largest absolute Gasteiger partial charge is 0.507 e. The number of nitrogens with one attached hydrogen (secondary N) is 4. The van der Waals surface area contributed by atoms with E-state index >= 15 is 0 Å². The van der Waals surface area contributed by atoms with Crippen LogP contribution >= 0.6 is 0 Å². The van der Waals surface area contributed by atoms with E-state index in [-0.39, 0.29) is 23.2 Å². The Balaban J connectivity index is 2.04. The fourth-order valence-corrected chi connectivity index (χ4v) is 4.99. The minimum atomic E-state index is -0.0226. The number of hydrogen-bond acceptors (Lipinski definition) is 6. The third-order valence-electron chi connectivity index (χ3n) is 7.58. The van der Waals surface area contributed by atoms with Crippen molar-refractivity contribution in [2.24, 2.45) is 0 Å². The zero-order valence-electron chi connectivity index (χ0n) is 25.0. The van der Waals surface area contributed by atoms with Gasteiger partial charge in [-0.05, 0) is 34.8 Å². The second-order valence-corrected chi connectivity index (χ2v) is 13.0. The number of hydrogen-bond donors (Lipinski definition) is 6. The van der Waals surface area contributed by atoms with Crippen molar-refractivity contribution >= 4 is 0 Å². The molecule has 38 heavy (non-hydrogen) atoms. The lowest BCUT2D eigenvalue weighted by molar-refractivity contribution is 0.369. The summed E-state index contributed by atoms with van der Waals surface area (Å²) in [5.74, 6) is 0.738. The van der Waals surface area contributed by atoms with Crippen LogP contribution < -0.4 is 21.3 Å². The van der Waals surface area contributed by atoms with Gasteiger partial charge in [0, 0.05) is 48.4 Å². The Morgan fingerprint density at radius 1 is 0.579 bits per heavy atom. The quantitative estimate of drug-likeness (QED) is 0.293. The lowest BCUT2D eigenvalue weighted by atomic mass is 9.84. The summed E-state index contributed by atoms with van der Waals surface area (Å²) in [6, 6.07) is 8.57. The predicted molar refractivity (Wildman–Crippen MR) is 158 cm³/mol. The molecule has 1 aliphatic rings. The van der Waals surface area contributed by atoms with Crippen molar-refractivity contribution in [3.05, 3.63) is 57.6 Å². The Kier molecular flexibility index (Phi) is 10.3. The maximum absolute atomic E-state index is 11.3. The zero-order valence-corrected chi connectivity index (χ0v) is 25.0. The van der Waals surface area contributed by atoms with E-state index in [4.69, 9.17) is 0 Å². The van der Waals surface area contributed by atoms with Crippen molar-refractivity contribution in [3.8, 4) is 11.5 Å². The lowest BCUT2D eigenvalue weighted by Crippen LogP contribution is -2.42. The van der Waals surface area contributed by atoms with Gasteiger partial charge in [-0.25, -0.2) is 0 Å². The summed E-state index contributed by atoms with van der Waals surface area (Å²) in [7, 11) is 0. The van der Waals surface area contributed by atoms with E-state index in [1.54, 1.807) is 0 Å². The zero-order chi connectivity index (χ0) is 28.1. The van der Waals surface area contributed by atoms with Crippen LogP contribution in [0.4, 0.5) is 0 Å². The number of fused-ring (bicyclic) bond motifs is 4. The number of benzene rings is 2. The summed E-state index contributed by atoms with van der Waals surface area (Å²) in [6.45, 7) is 19.9. The lowest BCUT2D eigenvalue weighted by Gasteiger charge is -2.27. The summed E-state index contributed by atoms with van der Waals surface area (Å²) in [4.78, 5) is 0. The Morgan fingerprint density at radius 2 is 0.842 bits per heavy atom. The average molecular weight is 525 g/mol. The monoisotopic (exact) mass is 524 g/mol. The van der Waals surface area contributed by atoms with Crippen molar-refractivity contribution in [3.63, 3.8) is 0 Å². The van der Waals surface area contributed by atoms with Crippen molar-refractivity contribution in [2.75, 3.05) is 0 Å². The van der Waals surface area contributed by atoms with E-state index in [9.17, 15) is 10.2 Å². The highest BCUT2D eigenvalue weighted by molar-refractivity contribution is 5.47. The molecule has 0 spiro atoms. The predicted octanol–water partition coefficient (Wildman–Crippen LogP) is 6.02. The third kappa shape index (κ3) is 7.95. The molecule has 212 valence electrons. The molecular formula is C32H52N4O2. The van der Waals surface area contributed by atoms with Crippen LogP contribution in [0.2, 0.25) is 0 Å². The first-order chi connectivity index (χ1) is 17.8. The van der Waals surface area contributed by atoms with Crippen LogP contribution in [0.1, 0.15) is 114 Å². The summed E-state index contributed by atoms with van der Waals surface area (Å²) in [5.41, 5.74) is 6.08. The highest BCUT2D eigenvalue weighted by Crippen LogP contribution is 2.33. The number of phenols is 2. The molecule has 0 aliphatic carbocycles. The summed E-state index contributed by atoms with van der Waals surface area (Å²) in [6.07, 6.45) is 4.05. The van der Waals surface area contributed by atoms with Crippen LogP contribution in [-0.2, 0) is 37.0 Å². The van der Waals surface area contributed by atoms with E-state index in [0.717, 1.165) is 47.9 Å². The van der Waals surface area contributed by atoms with Crippen LogP contribution in [0, 0.1) is 0 Å². The maximum atomic E-state index is 11.3. The second-order valence-electron chi connectivity index (χ2n) is 13.0. The van der Waals surface area contributed by atoms with Crippen molar-refractivity contribution in [2.45, 2.75) is 130 Å². The first-order valence-electron chi connectivity index (χ1n) is 14.5. The molecule has 0 aromatic heterocycles. The van der Waals surface area contributed by atoms with Crippen LogP contribution in [-0.4, -0.2) is 22.5 Å². The SMILES string of the molecule is CCCC1NCc2cc(C(C)(C)C)cc(c2O)CNC(CCC)NCc2cc(C(C)(C)C)cc(c2O)CN1. The fourth-order valence-electron chi connectivity index (χ4n) is 4.99. The molecule has 6 heteroatoms. The van der Waals surface area contributed by atoms with Gasteiger partial charge < -0.3 is 10.2 Å². The topological polar surface area (TPSA) is 88.6 Å². The first-order valence-corrected chi connectivity index (χ1v) is 14.5. The summed E-state index contributed by atoms with van der Waals surface area (Å²) < 4.78 is 0. The molecule has 0 atom stereocenters. The van der Waals surface area contributed by atoms with E-state index in [2.05, 4.69) is 101 Å². The number of rotatable bonds is 4. The van der Waals surface area contributed by atoms with E-state index in [1.807, 2.05) is 0 Å². The molecule has 1 aliphatic heterocycles. The van der Waals surface area contributed by atoms with Gasteiger partial charge in [-0.15, -0.1) is 0 Å². The van der Waals surface area contributed by atoms with Gasteiger partial charge in [-0.2, -0.15) is 0 Å². The molecule has 1 heterocycles. The molecule has 0 saturated heterocycles. The highest BCUT2D eigenvalue weighted by atomic mass is 16.3. The summed E-state index contributed by atoms with van der Waals surface area (Å²) in [5, 5.41) is 37.1. The Bertz CT molecular complexity index is 925. The van der Waals surface area contributed by atoms with Crippen LogP contribution in [0.15, 0.2) is 24.3 Å². The van der Waals surface area contributed by atoms with Gasteiger partial charge in [0.25, 0.3) is 0 Å². The fraction of sp³-hybridized carbons (Fsp3) is 0.625. The van der Waals surface area contributed by atoms with Gasteiger partial charge in [0.2, 0.25) is 0 Å². The Morgan fingerprint density at radius 3 is 1.05 bits per heavy atom. The Labute approximate surface area is 231 Å². The molecule has 0 radical (unpaired) electrons. The molecule has 0 amide bonds. The van der Waals surface area contributed by atoms with Crippen LogP contribution in [0.3, 0.4) is 0 Å². The first kappa shape index (κ1) is 30.4. The molecule has 0 unspecified atom stereocenters. The number of phenolic OH excluding ortho intramolecular Hbond substituents is 2. The van der Waals surface area contributed by atoms with E-state index < -0.39 is 0 Å². The number of aromatic hydroxyl groups is 2. The van der Waals surface area contributed by atoms with Gasteiger partial charge in [0.15, 0.2) is 0 Å². The molecule has 6 nitrogen and oxygen atoms in total. The minimum Gasteiger partial charge on any atom is -0.507 e. The van der Waals surface area contributed by atoms with E-state index in [0.29, 0.717) is 37.7 Å². The minimum absolute atomic E-state index is 0.0226. The molecule has 0 fully saturated rings. The van der Waals surface area contributed by atoms with Gasteiger partial charge in [0.05, 0.1) is 12.3 Å². The molecule has 2 aromatic rings. The maximum Gasteiger partial charge on any atom is 0.124 e. The van der Waals surface area contributed by atoms with Gasteiger partial charge in [-0.3, -0.25) is 21.3 Å². The molecule has 3 rings (SSSR count). The van der Waals surface area contributed by atoms with Crippen molar-refractivity contribution in [1.29, 1.82) is 0 Å². The van der Waals surface area contributed by atoms with Gasteiger partial charge in [0.1, 0.15) is 11.5 Å². The highest BCUT2D eigenvalue weighted by Gasteiger charge is 2.22.